The Labute approximate surface area is 88.9 Å². The molecule has 0 unspecified atom stereocenters. The quantitative estimate of drug-likeness (QED) is 0.686. The van der Waals surface area contributed by atoms with E-state index >= 15 is 0 Å². The molecule has 13 heavy (non-hydrogen) atoms. The maximum absolute atomic E-state index is 5.82. The Morgan fingerprint density at radius 1 is 1.00 bits per heavy atom. The summed E-state index contributed by atoms with van der Waals surface area (Å²) in [4.78, 5) is 0. The Balaban J connectivity index is 2.41. The number of aryl methyl sites for hydroxylation is 1. The predicted octanol–water partition coefficient (Wildman–Crippen LogP) is 3.37. The zero-order chi connectivity index (χ0) is 9.26. The fourth-order valence-electron chi connectivity index (χ4n) is 1.20. The van der Waals surface area contributed by atoms with Crippen LogP contribution >= 0.6 is 11.6 Å². The molecule has 0 amide bonds. The van der Waals surface area contributed by atoms with Crippen LogP contribution in [0.2, 0.25) is 5.02 Å². The second-order valence-electron chi connectivity index (χ2n) is 2.92. The molecule has 0 saturated carbocycles. The average molecular weight is 256 g/mol. The molecule has 0 atom stereocenters. The Bertz CT molecular complexity index is 400. The van der Waals surface area contributed by atoms with Gasteiger partial charge in [-0.25, -0.2) is 0 Å². The van der Waals surface area contributed by atoms with Crippen molar-refractivity contribution in [2.75, 3.05) is 0 Å². The first-order valence-electron chi connectivity index (χ1n) is 4.08. The summed E-state index contributed by atoms with van der Waals surface area (Å²) in [7, 11) is 0. The summed E-state index contributed by atoms with van der Waals surface area (Å²) in [5.41, 5.74) is 1.30. The van der Waals surface area contributed by atoms with Gasteiger partial charge in [0.15, 0.2) is 0 Å². The van der Waals surface area contributed by atoms with Crippen molar-refractivity contribution in [1.82, 2.24) is 0 Å². The molecule has 1 heterocycles. The molecular formula is C11H9ClSe. The van der Waals surface area contributed by atoms with E-state index in [1.54, 1.807) is 0 Å². The molecule has 2 aromatic rings. The van der Waals surface area contributed by atoms with Crippen LogP contribution in [0.1, 0.15) is 4.44 Å². The topological polar surface area (TPSA) is 0 Å². The van der Waals surface area contributed by atoms with Crippen molar-refractivity contribution >= 4 is 26.1 Å². The van der Waals surface area contributed by atoms with E-state index in [-0.39, 0.29) is 0 Å². The van der Waals surface area contributed by atoms with E-state index in [0.29, 0.717) is 14.5 Å². The van der Waals surface area contributed by atoms with Gasteiger partial charge in [-0.3, -0.25) is 0 Å². The number of benzene rings is 1. The van der Waals surface area contributed by atoms with Crippen LogP contribution in [-0.2, 0) is 0 Å². The molecular weight excluding hydrogens is 247 g/mol. The van der Waals surface area contributed by atoms with Gasteiger partial charge in [0.1, 0.15) is 0 Å². The van der Waals surface area contributed by atoms with Crippen molar-refractivity contribution in [3.63, 3.8) is 0 Å². The number of hydrogen-bond acceptors (Lipinski definition) is 0. The van der Waals surface area contributed by atoms with E-state index in [0.717, 1.165) is 5.02 Å². The van der Waals surface area contributed by atoms with Gasteiger partial charge in [0.25, 0.3) is 0 Å². The van der Waals surface area contributed by atoms with Crippen LogP contribution in [0.15, 0.2) is 36.4 Å². The molecule has 66 valence electrons. The summed E-state index contributed by atoms with van der Waals surface area (Å²) in [5, 5.41) is 0.805. The third-order valence-corrected chi connectivity index (χ3v) is 4.32. The Hall–Kier alpha value is -0.491. The van der Waals surface area contributed by atoms with E-state index in [2.05, 4.69) is 31.2 Å². The molecule has 0 spiro atoms. The van der Waals surface area contributed by atoms with Gasteiger partial charge in [-0.1, -0.05) is 0 Å². The van der Waals surface area contributed by atoms with Crippen LogP contribution in [0.25, 0.3) is 10.0 Å². The van der Waals surface area contributed by atoms with Crippen molar-refractivity contribution in [1.29, 1.82) is 0 Å². The van der Waals surface area contributed by atoms with E-state index in [9.17, 15) is 0 Å². The van der Waals surface area contributed by atoms with Gasteiger partial charge < -0.3 is 0 Å². The molecule has 0 aliphatic heterocycles. The van der Waals surface area contributed by atoms with Gasteiger partial charge in [0, 0.05) is 0 Å². The van der Waals surface area contributed by atoms with E-state index in [4.69, 9.17) is 11.6 Å². The minimum absolute atomic E-state index is 0.522. The molecule has 2 rings (SSSR count). The molecule has 1 aromatic heterocycles. The molecule has 0 nitrogen and oxygen atoms in total. The second-order valence-corrected chi connectivity index (χ2v) is 6.06. The van der Waals surface area contributed by atoms with Crippen molar-refractivity contribution in [3.05, 3.63) is 45.9 Å². The van der Waals surface area contributed by atoms with Gasteiger partial charge >= 0.3 is 88.9 Å². The maximum atomic E-state index is 5.82. The van der Waals surface area contributed by atoms with E-state index < -0.39 is 0 Å². The fraction of sp³-hybridized carbons (Fsp3) is 0.0909. The van der Waals surface area contributed by atoms with Gasteiger partial charge in [-0.2, -0.15) is 0 Å². The summed E-state index contributed by atoms with van der Waals surface area (Å²) in [6.45, 7) is 2.18. The summed E-state index contributed by atoms with van der Waals surface area (Å²) in [5.74, 6) is 0. The molecule has 2 heteroatoms. The zero-order valence-electron chi connectivity index (χ0n) is 7.25. The number of hydrogen-bond donors (Lipinski definition) is 0. The second kappa shape index (κ2) is 3.71. The van der Waals surface area contributed by atoms with Crippen LogP contribution in [0.3, 0.4) is 0 Å². The summed E-state index contributed by atoms with van der Waals surface area (Å²) in [6, 6.07) is 12.5. The van der Waals surface area contributed by atoms with Crippen molar-refractivity contribution in [2.45, 2.75) is 6.92 Å². The standard InChI is InChI=1S/C11H9ClSe/c1-8-2-7-11(13-8)9-3-5-10(12)6-4-9/h2-7H,1H3. The number of halogens is 1. The normalized spacial score (nSPS) is 10.3. The minimum atomic E-state index is 0.522. The average Bonchev–Trinajstić information content (AvgIpc) is 2.53. The van der Waals surface area contributed by atoms with Gasteiger partial charge in [-0.05, 0) is 0 Å². The third kappa shape index (κ3) is 2.05. The molecule has 0 N–H and O–H groups in total. The molecule has 0 aliphatic carbocycles. The van der Waals surface area contributed by atoms with Crippen molar-refractivity contribution in [2.24, 2.45) is 0 Å². The number of rotatable bonds is 1. The van der Waals surface area contributed by atoms with Crippen LogP contribution in [0.5, 0.6) is 0 Å². The van der Waals surface area contributed by atoms with Gasteiger partial charge in [-0.15, -0.1) is 0 Å². The zero-order valence-corrected chi connectivity index (χ0v) is 9.72. The van der Waals surface area contributed by atoms with Crippen LogP contribution in [-0.4, -0.2) is 14.5 Å². The fourth-order valence-corrected chi connectivity index (χ4v) is 3.16. The van der Waals surface area contributed by atoms with Gasteiger partial charge in [0.05, 0.1) is 0 Å². The molecule has 1 aromatic carbocycles. The van der Waals surface area contributed by atoms with Crippen molar-refractivity contribution in [3.8, 4) is 10.0 Å². The monoisotopic (exact) mass is 256 g/mol. The Morgan fingerprint density at radius 3 is 2.23 bits per heavy atom. The first-order valence-corrected chi connectivity index (χ1v) is 6.17. The first kappa shape index (κ1) is 9.08. The first-order chi connectivity index (χ1) is 6.25. The summed E-state index contributed by atoms with van der Waals surface area (Å²) >= 11 is 6.34. The van der Waals surface area contributed by atoms with E-state index in [1.807, 2.05) is 12.1 Å². The third-order valence-electron chi connectivity index (χ3n) is 1.87. The molecule has 0 aliphatic rings. The SMILES string of the molecule is Cc1ccc(-c2ccc(Cl)cc2)[se]1. The van der Waals surface area contributed by atoms with Crippen LogP contribution in [0.4, 0.5) is 0 Å². The predicted molar refractivity (Wildman–Crippen MR) is 58.6 cm³/mol. The summed E-state index contributed by atoms with van der Waals surface area (Å²) < 4.78 is 2.93. The Morgan fingerprint density at radius 2 is 1.69 bits per heavy atom. The van der Waals surface area contributed by atoms with Crippen LogP contribution < -0.4 is 0 Å². The molecule has 0 fully saturated rings. The van der Waals surface area contributed by atoms with Crippen LogP contribution in [0, 0.1) is 6.92 Å². The Kier molecular flexibility index (Phi) is 2.59. The van der Waals surface area contributed by atoms with Gasteiger partial charge in [0.2, 0.25) is 0 Å². The molecule has 0 radical (unpaired) electrons. The summed E-state index contributed by atoms with van der Waals surface area (Å²) in [6.07, 6.45) is 0. The molecule has 0 saturated heterocycles. The van der Waals surface area contributed by atoms with Crippen molar-refractivity contribution < 1.29 is 0 Å². The van der Waals surface area contributed by atoms with E-state index in [1.165, 1.54) is 14.4 Å². The molecule has 0 bridgehead atoms.